The van der Waals surface area contributed by atoms with Crippen LogP contribution in [0.4, 0.5) is 0 Å². The largest absolute Gasteiger partial charge is 0.491 e. The molecule has 86 valence electrons. The van der Waals surface area contributed by atoms with Crippen LogP contribution in [-0.2, 0) is 4.74 Å². The SMILES string of the molecule is CC/C=C(/OC(C)C)C1=C(C)CCNC1. The van der Waals surface area contributed by atoms with Crippen molar-refractivity contribution in [2.45, 2.75) is 46.6 Å². The van der Waals surface area contributed by atoms with Gasteiger partial charge in [0.05, 0.1) is 6.10 Å². The first-order valence-corrected chi connectivity index (χ1v) is 5.91. The van der Waals surface area contributed by atoms with Crippen molar-refractivity contribution >= 4 is 0 Å². The lowest BCUT2D eigenvalue weighted by Gasteiger charge is -2.23. The van der Waals surface area contributed by atoms with E-state index in [1.165, 1.54) is 11.1 Å². The molecule has 0 radical (unpaired) electrons. The van der Waals surface area contributed by atoms with E-state index in [1.54, 1.807) is 0 Å². The Morgan fingerprint density at radius 2 is 2.27 bits per heavy atom. The van der Waals surface area contributed by atoms with Crippen LogP contribution in [0.2, 0.25) is 0 Å². The highest BCUT2D eigenvalue weighted by molar-refractivity contribution is 5.33. The van der Waals surface area contributed by atoms with Crippen molar-refractivity contribution in [2.24, 2.45) is 0 Å². The van der Waals surface area contributed by atoms with E-state index in [0.717, 1.165) is 31.7 Å². The molecule has 0 aromatic rings. The molecule has 1 N–H and O–H groups in total. The van der Waals surface area contributed by atoms with Gasteiger partial charge in [0, 0.05) is 12.1 Å². The summed E-state index contributed by atoms with van der Waals surface area (Å²) in [7, 11) is 0. The van der Waals surface area contributed by atoms with Crippen molar-refractivity contribution in [1.82, 2.24) is 5.32 Å². The zero-order valence-corrected chi connectivity index (χ0v) is 10.4. The average Bonchev–Trinajstić information content (AvgIpc) is 2.17. The van der Waals surface area contributed by atoms with Crippen LogP contribution in [-0.4, -0.2) is 19.2 Å². The Morgan fingerprint density at radius 3 is 2.80 bits per heavy atom. The van der Waals surface area contributed by atoms with Gasteiger partial charge in [-0.3, -0.25) is 0 Å². The number of hydrogen-bond donors (Lipinski definition) is 1. The molecule has 0 aromatic carbocycles. The third kappa shape index (κ3) is 3.71. The maximum atomic E-state index is 5.86. The summed E-state index contributed by atoms with van der Waals surface area (Å²) in [4.78, 5) is 0. The fraction of sp³-hybridized carbons (Fsp3) is 0.692. The van der Waals surface area contributed by atoms with Gasteiger partial charge in [0.1, 0.15) is 5.76 Å². The van der Waals surface area contributed by atoms with E-state index in [1.807, 2.05) is 0 Å². The molecule has 1 rings (SSSR count). The lowest BCUT2D eigenvalue weighted by Crippen LogP contribution is -2.26. The molecule has 2 nitrogen and oxygen atoms in total. The fourth-order valence-electron chi connectivity index (χ4n) is 1.77. The van der Waals surface area contributed by atoms with E-state index in [9.17, 15) is 0 Å². The average molecular weight is 209 g/mol. The molecule has 0 fully saturated rings. The third-order valence-corrected chi connectivity index (χ3v) is 2.54. The Bertz CT molecular complexity index is 264. The fourth-order valence-corrected chi connectivity index (χ4v) is 1.77. The Labute approximate surface area is 93.4 Å². The number of rotatable bonds is 4. The summed E-state index contributed by atoms with van der Waals surface area (Å²) in [6, 6.07) is 0. The van der Waals surface area contributed by atoms with E-state index in [2.05, 4.69) is 39.1 Å². The maximum Gasteiger partial charge on any atom is 0.120 e. The normalized spacial score (nSPS) is 18.6. The number of ether oxygens (including phenoxy) is 1. The topological polar surface area (TPSA) is 21.3 Å². The predicted octanol–water partition coefficient (Wildman–Crippen LogP) is 3.02. The van der Waals surface area contributed by atoms with Crippen molar-refractivity contribution in [3.8, 4) is 0 Å². The summed E-state index contributed by atoms with van der Waals surface area (Å²) in [5.41, 5.74) is 2.82. The second kappa shape index (κ2) is 5.96. The zero-order chi connectivity index (χ0) is 11.3. The van der Waals surface area contributed by atoms with E-state index in [4.69, 9.17) is 4.74 Å². The van der Waals surface area contributed by atoms with Gasteiger partial charge >= 0.3 is 0 Å². The van der Waals surface area contributed by atoms with E-state index < -0.39 is 0 Å². The first-order valence-electron chi connectivity index (χ1n) is 5.91. The molecule has 1 aliphatic rings. The van der Waals surface area contributed by atoms with Gasteiger partial charge in [-0.25, -0.2) is 0 Å². The minimum Gasteiger partial charge on any atom is -0.491 e. The molecular formula is C13H23NO. The van der Waals surface area contributed by atoms with E-state index in [-0.39, 0.29) is 6.10 Å². The van der Waals surface area contributed by atoms with Crippen LogP contribution in [0.25, 0.3) is 0 Å². The minimum atomic E-state index is 0.255. The highest BCUT2D eigenvalue weighted by atomic mass is 16.5. The van der Waals surface area contributed by atoms with Gasteiger partial charge in [-0.05, 0) is 46.2 Å². The molecule has 0 amide bonds. The molecule has 0 aromatic heterocycles. The van der Waals surface area contributed by atoms with Crippen LogP contribution in [0.3, 0.4) is 0 Å². The zero-order valence-electron chi connectivity index (χ0n) is 10.4. The van der Waals surface area contributed by atoms with Crippen LogP contribution in [0.5, 0.6) is 0 Å². The Kier molecular flexibility index (Phi) is 4.89. The molecule has 1 heterocycles. The third-order valence-electron chi connectivity index (χ3n) is 2.54. The summed E-state index contributed by atoms with van der Waals surface area (Å²) in [5.74, 6) is 1.08. The van der Waals surface area contributed by atoms with Crippen LogP contribution in [0, 0.1) is 0 Å². The summed E-state index contributed by atoms with van der Waals surface area (Å²) in [6.45, 7) is 10.6. The molecule has 1 aliphatic heterocycles. The van der Waals surface area contributed by atoms with Crippen molar-refractivity contribution < 1.29 is 4.74 Å². The molecule has 0 bridgehead atoms. The molecule has 0 saturated heterocycles. The van der Waals surface area contributed by atoms with E-state index in [0.29, 0.717) is 0 Å². The van der Waals surface area contributed by atoms with Gasteiger partial charge in [0.2, 0.25) is 0 Å². The maximum absolute atomic E-state index is 5.86. The summed E-state index contributed by atoms with van der Waals surface area (Å²) >= 11 is 0. The van der Waals surface area contributed by atoms with Crippen LogP contribution < -0.4 is 5.32 Å². The molecular weight excluding hydrogens is 186 g/mol. The highest BCUT2D eigenvalue weighted by Gasteiger charge is 2.14. The first kappa shape index (κ1) is 12.3. The molecule has 0 saturated carbocycles. The number of allylic oxidation sites excluding steroid dienone is 1. The Morgan fingerprint density at radius 1 is 1.53 bits per heavy atom. The van der Waals surface area contributed by atoms with Crippen molar-refractivity contribution in [3.63, 3.8) is 0 Å². The van der Waals surface area contributed by atoms with Crippen molar-refractivity contribution in [1.29, 1.82) is 0 Å². The summed E-state index contributed by atoms with van der Waals surface area (Å²) in [5, 5.41) is 3.40. The lowest BCUT2D eigenvalue weighted by molar-refractivity contribution is 0.151. The van der Waals surface area contributed by atoms with Crippen molar-refractivity contribution in [2.75, 3.05) is 13.1 Å². The standard InChI is InChI=1S/C13H23NO/c1-5-6-13(15-10(2)3)12-9-14-8-7-11(12)4/h6,10,14H,5,7-9H2,1-4H3/b13-6+. The van der Waals surface area contributed by atoms with Crippen LogP contribution >= 0.6 is 0 Å². The van der Waals surface area contributed by atoms with Gasteiger partial charge in [0.25, 0.3) is 0 Å². The van der Waals surface area contributed by atoms with Gasteiger partial charge in [-0.15, -0.1) is 0 Å². The Hall–Kier alpha value is -0.760. The highest BCUT2D eigenvalue weighted by Crippen LogP contribution is 2.22. The molecule has 0 spiro atoms. The second-order valence-electron chi connectivity index (χ2n) is 4.33. The van der Waals surface area contributed by atoms with E-state index >= 15 is 0 Å². The molecule has 2 heteroatoms. The van der Waals surface area contributed by atoms with Gasteiger partial charge < -0.3 is 10.1 Å². The van der Waals surface area contributed by atoms with Crippen LogP contribution in [0.15, 0.2) is 23.0 Å². The summed E-state index contributed by atoms with van der Waals surface area (Å²) < 4.78 is 5.86. The molecule has 0 unspecified atom stereocenters. The number of nitrogens with one attached hydrogen (secondary N) is 1. The molecule has 0 atom stereocenters. The van der Waals surface area contributed by atoms with Crippen LogP contribution in [0.1, 0.15) is 40.5 Å². The number of hydrogen-bond acceptors (Lipinski definition) is 2. The molecule has 0 aliphatic carbocycles. The minimum absolute atomic E-state index is 0.255. The lowest BCUT2D eigenvalue weighted by atomic mass is 10.0. The first-order chi connectivity index (χ1) is 7.15. The van der Waals surface area contributed by atoms with Gasteiger partial charge in [-0.2, -0.15) is 0 Å². The predicted molar refractivity (Wildman–Crippen MR) is 64.8 cm³/mol. The molecule has 15 heavy (non-hydrogen) atoms. The van der Waals surface area contributed by atoms with Gasteiger partial charge in [-0.1, -0.05) is 12.5 Å². The van der Waals surface area contributed by atoms with Crippen molar-refractivity contribution in [3.05, 3.63) is 23.0 Å². The second-order valence-corrected chi connectivity index (χ2v) is 4.33. The Balaban J connectivity index is 2.83. The van der Waals surface area contributed by atoms with Gasteiger partial charge in [0.15, 0.2) is 0 Å². The quantitative estimate of drug-likeness (QED) is 0.719. The summed E-state index contributed by atoms with van der Waals surface area (Å²) in [6.07, 6.45) is 4.60. The monoisotopic (exact) mass is 209 g/mol. The smallest absolute Gasteiger partial charge is 0.120 e.